The van der Waals surface area contributed by atoms with E-state index in [1.54, 1.807) is 0 Å². The van der Waals surface area contributed by atoms with Gasteiger partial charge in [0.15, 0.2) is 6.29 Å². The molecule has 3 unspecified atom stereocenters. The van der Waals surface area contributed by atoms with E-state index in [0.717, 1.165) is 25.4 Å². The van der Waals surface area contributed by atoms with Gasteiger partial charge < -0.3 is 20.1 Å². The first-order valence-electron chi connectivity index (χ1n) is 6.51. The van der Waals surface area contributed by atoms with Crippen LogP contribution in [0.3, 0.4) is 0 Å². The average Bonchev–Trinajstić information content (AvgIpc) is 2.89. The molecule has 0 spiro atoms. The fourth-order valence-electron chi connectivity index (χ4n) is 2.63. The molecule has 3 atom stereocenters. The Kier molecular flexibility index (Phi) is 4.58. The van der Waals surface area contributed by atoms with Crippen LogP contribution >= 0.6 is 0 Å². The predicted molar refractivity (Wildman–Crippen MR) is 63.1 cm³/mol. The normalized spacial score (nSPS) is 36.0. The molecule has 0 amide bonds. The highest BCUT2D eigenvalue weighted by molar-refractivity contribution is 4.77. The van der Waals surface area contributed by atoms with E-state index in [4.69, 9.17) is 15.2 Å². The Balaban J connectivity index is 1.67. The Morgan fingerprint density at radius 3 is 3.00 bits per heavy atom. The summed E-state index contributed by atoms with van der Waals surface area (Å²) in [7, 11) is 0. The Bertz CT molecular complexity index is 213. The van der Waals surface area contributed by atoms with Gasteiger partial charge in [-0.25, -0.2) is 0 Å². The second-order valence-electron chi connectivity index (χ2n) is 4.88. The van der Waals surface area contributed by atoms with Gasteiger partial charge in [0.25, 0.3) is 0 Å². The van der Waals surface area contributed by atoms with Crippen molar-refractivity contribution in [2.24, 2.45) is 11.7 Å². The minimum Gasteiger partial charge on any atom is -0.350 e. The summed E-state index contributed by atoms with van der Waals surface area (Å²) < 4.78 is 11.5. The molecule has 0 aromatic carbocycles. The smallest absolute Gasteiger partial charge is 0.158 e. The SMILES string of the molecule is CCN1CCC(CC2OCC(CCN)O2)C1. The summed E-state index contributed by atoms with van der Waals surface area (Å²) in [6, 6.07) is 0. The molecule has 0 bridgehead atoms. The van der Waals surface area contributed by atoms with Gasteiger partial charge in [0.05, 0.1) is 12.7 Å². The Morgan fingerprint density at radius 1 is 1.44 bits per heavy atom. The van der Waals surface area contributed by atoms with Crippen molar-refractivity contribution >= 4 is 0 Å². The molecule has 0 aromatic rings. The van der Waals surface area contributed by atoms with Crippen molar-refractivity contribution in [3.05, 3.63) is 0 Å². The zero-order valence-electron chi connectivity index (χ0n) is 10.2. The van der Waals surface area contributed by atoms with Gasteiger partial charge in [-0.15, -0.1) is 0 Å². The van der Waals surface area contributed by atoms with Crippen LogP contribution in [0.25, 0.3) is 0 Å². The van der Waals surface area contributed by atoms with Crippen molar-refractivity contribution in [3.63, 3.8) is 0 Å². The Morgan fingerprint density at radius 2 is 2.31 bits per heavy atom. The zero-order chi connectivity index (χ0) is 11.4. The predicted octanol–water partition coefficient (Wildman–Crippen LogP) is 0.809. The molecule has 94 valence electrons. The first kappa shape index (κ1) is 12.3. The number of rotatable bonds is 5. The highest BCUT2D eigenvalue weighted by Crippen LogP contribution is 2.26. The van der Waals surface area contributed by atoms with Gasteiger partial charge in [-0.2, -0.15) is 0 Å². The molecule has 2 heterocycles. The van der Waals surface area contributed by atoms with Crippen LogP contribution in [-0.2, 0) is 9.47 Å². The minimum absolute atomic E-state index is 0.0263. The highest BCUT2D eigenvalue weighted by atomic mass is 16.7. The lowest BCUT2D eigenvalue weighted by molar-refractivity contribution is -0.0710. The van der Waals surface area contributed by atoms with E-state index < -0.39 is 0 Å². The third-order valence-corrected chi connectivity index (χ3v) is 3.64. The maximum absolute atomic E-state index is 5.81. The molecular weight excluding hydrogens is 204 g/mol. The first-order chi connectivity index (χ1) is 7.81. The third kappa shape index (κ3) is 3.17. The lowest BCUT2D eigenvalue weighted by Crippen LogP contribution is -2.22. The second-order valence-corrected chi connectivity index (χ2v) is 4.88. The number of hydrogen-bond donors (Lipinski definition) is 1. The first-order valence-corrected chi connectivity index (χ1v) is 6.51. The van der Waals surface area contributed by atoms with E-state index in [2.05, 4.69) is 11.8 Å². The summed E-state index contributed by atoms with van der Waals surface area (Å²) in [5, 5.41) is 0. The molecule has 16 heavy (non-hydrogen) atoms. The molecule has 0 saturated carbocycles. The molecule has 2 rings (SSSR count). The maximum atomic E-state index is 5.81. The molecule has 0 radical (unpaired) electrons. The fourth-order valence-corrected chi connectivity index (χ4v) is 2.63. The van der Waals surface area contributed by atoms with Crippen LogP contribution in [0.2, 0.25) is 0 Å². The van der Waals surface area contributed by atoms with Gasteiger partial charge in [-0.1, -0.05) is 6.92 Å². The van der Waals surface area contributed by atoms with Crippen molar-refractivity contribution in [1.82, 2.24) is 4.90 Å². The lowest BCUT2D eigenvalue weighted by Gasteiger charge is -2.16. The fraction of sp³-hybridized carbons (Fsp3) is 1.00. The number of nitrogens with two attached hydrogens (primary N) is 1. The van der Waals surface area contributed by atoms with E-state index in [9.17, 15) is 0 Å². The molecule has 4 heteroatoms. The molecule has 4 nitrogen and oxygen atoms in total. The summed E-state index contributed by atoms with van der Waals surface area (Å²) in [4.78, 5) is 2.50. The Hall–Kier alpha value is -0.160. The molecular formula is C12H24N2O2. The van der Waals surface area contributed by atoms with Crippen molar-refractivity contribution < 1.29 is 9.47 Å². The van der Waals surface area contributed by atoms with E-state index in [-0.39, 0.29) is 12.4 Å². The molecule has 0 aliphatic carbocycles. The number of hydrogen-bond acceptors (Lipinski definition) is 4. The van der Waals surface area contributed by atoms with Crippen LogP contribution < -0.4 is 5.73 Å². The minimum atomic E-state index is 0.0263. The van der Waals surface area contributed by atoms with Crippen LogP contribution in [0.4, 0.5) is 0 Å². The van der Waals surface area contributed by atoms with E-state index in [1.807, 2.05) is 0 Å². The summed E-state index contributed by atoms with van der Waals surface area (Å²) in [6.07, 6.45) is 3.52. The number of likely N-dealkylation sites (tertiary alicyclic amines) is 1. The molecule has 2 aliphatic heterocycles. The van der Waals surface area contributed by atoms with Crippen LogP contribution in [0.5, 0.6) is 0 Å². The number of ether oxygens (including phenoxy) is 2. The summed E-state index contributed by atoms with van der Waals surface area (Å²) >= 11 is 0. The van der Waals surface area contributed by atoms with Gasteiger partial charge in [-0.05, 0) is 38.4 Å². The van der Waals surface area contributed by atoms with Crippen molar-refractivity contribution in [3.8, 4) is 0 Å². The monoisotopic (exact) mass is 228 g/mol. The molecule has 0 aromatic heterocycles. The lowest BCUT2D eigenvalue weighted by atomic mass is 10.1. The largest absolute Gasteiger partial charge is 0.350 e. The summed E-state index contributed by atoms with van der Waals surface area (Å²) in [5.74, 6) is 0.751. The van der Waals surface area contributed by atoms with E-state index in [1.165, 1.54) is 26.1 Å². The van der Waals surface area contributed by atoms with Crippen LogP contribution in [0.1, 0.15) is 26.2 Å². The molecule has 2 aliphatic rings. The van der Waals surface area contributed by atoms with Gasteiger partial charge in [0, 0.05) is 13.0 Å². The maximum Gasteiger partial charge on any atom is 0.158 e. The van der Waals surface area contributed by atoms with Crippen LogP contribution in [-0.4, -0.2) is 50.1 Å². The van der Waals surface area contributed by atoms with Crippen molar-refractivity contribution in [2.75, 3.05) is 32.8 Å². The van der Waals surface area contributed by atoms with Crippen molar-refractivity contribution in [2.45, 2.75) is 38.6 Å². The van der Waals surface area contributed by atoms with E-state index >= 15 is 0 Å². The quantitative estimate of drug-likeness (QED) is 0.756. The van der Waals surface area contributed by atoms with Gasteiger partial charge in [0.1, 0.15) is 0 Å². The third-order valence-electron chi connectivity index (χ3n) is 3.64. The molecule has 2 saturated heterocycles. The number of nitrogens with zero attached hydrogens (tertiary/aromatic N) is 1. The van der Waals surface area contributed by atoms with Crippen LogP contribution in [0, 0.1) is 5.92 Å². The standard InChI is InChI=1S/C12H24N2O2/c1-2-14-6-4-10(8-14)7-12-15-9-11(16-12)3-5-13/h10-12H,2-9,13H2,1H3. The van der Waals surface area contributed by atoms with Gasteiger partial charge >= 0.3 is 0 Å². The van der Waals surface area contributed by atoms with E-state index in [0.29, 0.717) is 6.54 Å². The summed E-state index contributed by atoms with van der Waals surface area (Å²) in [5.41, 5.74) is 5.51. The van der Waals surface area contributed by atoms with Crippen LogP contribution in [0.15, 0.2) is 0 Å². The topological polar surface area (TPSA) is 47.7 Å². The van der Waals surface area contributed by atoms with Gasteiger partial charge in [0.2, 0.25) is 0 Å². The highest BCUT2D eigenvalue weighted by Gasteiger charge is 2.30. The summed E-state index contributed by atoms with van der Waals surface area (Å²) in [6.45, 7) is 7.25. The Labute approximate surface area is 98.1 Å². The second kappa shape index (κ2) is 5.96. The van der Waals surface area contributed by atoms with Crippen molar-refractivity contribution in [1.29, 1.82) is 0 Å². The molecule has 2 fully saturated rings. The van der Waals surface area contributed by atoms with Gasteiger partial charge in [-0.3, -0.25) is 0 Å². The zero-order valence-corrected chi connectivity index (χ0v) is 10.2. The molecule has 2 N–H and O–H groups in total. The average molecular weight is 228 g/mol.